The van der Waals surface area contributed by atoms with E-state index in [0.29, 0.717) is 28.9 Å². The first-order valence-electron chi connectivity index (χ1n) is 9.53. The molecule has 0 spiro atoms. The van der Waals surface area contributed by atoms with Crippen molar-refractivity contribution in [2.45, 2.75) is 13.8 Å². The average molecular weight is 438 g/mol. The van der Waals surface area contributed by atoms with Crippen LogP contribution in [-0.2, 0) is 4.74 Å². The molecule has 0 unspecified atom stereocenters. The summed E-state index contributed by atoms with van der Waals surface area (Å²) in [5, 5.41) is 7.06. The van der Waals surface area contributed by atoms with Crippen molar-refractivity contribution in [1.29, 1.82) is 0 Å². The highest BCUT2D eigenvalue weighted by Crippen LogP contribution is 2.37. The van der Waals surface area contributed by atoms with Crippen molar-refractivity contribution in [2.75, 3.05) is 11.9 Å². The van der Waals surface area contributed by atoms with Crippen molar-refractivity contribution in [3.63, 3.8) is 0 Å². The first kappa shape index (κ1) is 20.3. The van der Waals surface area contributed by atoms with Crippen molar-refractivity contribution >= 4 is 50.6 Å². The molecule has 4 aromatic rings. The van der Waals surface area contributed by atoms with Crippen LogP contribution in [0.3, 0.4) is 0 Å². The number of hydrogen-bond acceptors (Lipinski definition) is 6. The number of fused-ring (bicyclic) bond motifs is 1. The maximum Gasteiger partial charge on any atom is 0.338 e. The van der Waals surface area contributed by atoms with Crippen LogP contribution in [0.1, 0.15) is 24.2 Å². The van der Waals surface area contributed by atoms with E-state index >= 15 is 0 Å². The quantitative estimate of drug-likeness (QED) is 0.345. The monoisotopic (exact) mass is 437 g/mol. The molecule has 0 aliphatic carbocycles. The second-order valence-corrected chi connectivity index (χ2v) is 8.55. The van der Waals surface area contributed by atoms with E-state index in [4.69, 9.17) is 16.3 Å². The molecule has 5 nitrogen and oxygen atoms in total. The van der Waals surface area contributed by atoms with Crippen molar-refractivity contribution in [3.8, 4) is 11.1 Å². The molecular weight excluding hydrogens is 418 g/mol. The van der Waals surface area contributed by atoms with Gasteiger partial charge in [-0.1, -0.05) is 37.6 Å². The molecule has 0 saturated heterocycles. The van der Waals surface area contributed by atoms with Gasteiger partial charge in [-0.25, -0.2) is 14.8 Å². The van der Waals surface area contributed by atoms with Crippen LogP contribution in [0.2, 0.25) is 5.02 Å². The second-order valence-electron chi connectivity index (χ2n) is 7.25. The van der Waals surface area contributed by atoms with Gasteiger partial charge >= 0.3 is 5.97 Å². The van der Waals surface area contributed by atoms with Gasteiger partial charge in [0.1, 0.15) is 17.0 Å². The maximum absolute atomic E-state index is 12.1. The third-order valence-corrected chi connectivity index (χ3v) is 5.59. The maximum atomic E-state index is 12.1. The Bertz CT molecular complexity index is 1170. The molecule has 152 valence electrons. The number of rotatable bonds is 6. The highest BCUT2D eigenvalue weighted by Gasteiger charge is 2.14. The number of ether oxygens (including phenoxy) is 1. The summed E-state index contributed by atoms with van der Waals surface area (Å²) >= 11 is 7.60. The molecule has 30 heavy (non-hydrogen) atoms. The first-order valence-corrected chi connectivity index (χ1v) is 10.8. The minimum Gasteiger partial charge on any atom is -0.462 e. The number of hydrogen-bond donors (Lipinski definition) is 1. The van der Waals surface area contributed by atoms with E-state index in [1.807, 2.05) is 50.2 Å². The van der Waals surface area contributed by atoms with Crippen LogP contribution in [0.4, 0.5) is 11.5 Å². The van der Waals surface area contributed by atoms with Gasteiger partial charge in [0.25, 0.3) is 0 Å². The summed E-state index contributed by atoms with van der Waals surface area (Å²) in [5.74, 6) is 0.694. The Hall–Kier alpha value is -2.96. The van der Waals surface area contributed by atoms with E-state index in [1.165, 1.54) is 0 Å². The smallest absolute Gasteiger partial charge is 0.338 e. The van der Waals surface area contributed by atoms with Crippen LogP contribution in [0.5, 0.6) is 0 Å². The van der Waals surface area contributed by atoms with Crippen LogP contribution < -0.4 is 5.32 Å². The SMILES string of the molecule is CC(C)COC(=O)c1ccc(Nc2ncnc3scc(-c4ccc(Cl)cc4)c23)cc1. The number of benzene rings is 2. The minimum atomic E-state index is -0.317. The van der Waals surface area contributed by atoms with Gasteiger partial charge in [0.05, 0.1) is 17.6 Å². The molecule has 2 heterocycles. The number of thiophene rings is 1. The van der Waals surface area contributed by atoms with E-state index in [0.717, 1.165) is 27.0 Å². The van der Waals surface area contributed by atoms with Crippen molar-refractivity contribution in [2.24, 2.45) is 5.92 Å². The van der Waals surface area contributed by atoms with Crippen LogP contribution in [-0.4, -0.2) is 22.5 Å². The lowest BCUT2D eigenvalue weighted by atomic mass is 10.1. The third kappa shape index (κ3) is 4.45. The molecule has 0 radical (unpaired) electrons. The largest absolute Gasteiger partial charge is 0.462 e. The summed E-state index contributed by atoms with van der Waals surface area (Å²) < 4.78 is 5.28. The Morgan fingerprint density at radius 3 is 2.53 bits per heavy atom. The number of esters is 1. The van der Waals surface area contributed by atoms with Crippen molar-refractivity contribution < 1.29 is 9.53 Å². The molecule has 1 N–H and O–H groups in total. The standard InChI is InChI=1S/C23H20ClN3O2S/c1-14(2)11-29-23(28)16-5-9-18(10-6-16)27-21-20-19(12-30-22(20)26-13-25-21)15-3-7-17(24)8-4-15/h3-10,12-14H,11H2,1-2H3,(H,25,26,27). The molecule has 2 aromatic heterocycles. The van der Waals surface area contributed by atoms with Crippen LogP contribution >= 0.6 is 22.9 Å². The van der Waals surface area contributed by atoms with E-state index in [1.54, 1.807) is 29.8 Å². The van der Waals surface area contributed by atoms with Gasteiger partial charge in [-0.15, -0.1) is 11.3 Å². The number of carbonyl (C=O) groups excluding carboxylic acids is 1. The fourth-order valence-electron chi connectivity index (χ4n) is 2.96. The zero-order valence-corrected chi connectivity index (χ0v) is 18.1. The highest BCUT2D eigenvalue weighted by molar-refractivity contribution is 7.17. The Labute approximate surface area is 183 Å². The summed E-state index contributed by atoms with van der Waals surface area (Å²) in [6.07, 6.45) is 1.55. The van der Waals surface area contributed by atoms with Crippen LogP contribution in [0.15, 0.2) is 60.2 Å². The number of nitrogens with one attached hydrogen (secondary N) is 1. The van der Waals surface area contributed by atoms with E-state index < -0.39 is 0 Å². The van der Waals surface area contributed by atoms with Gasteiger partial charge in [-0.3, -0.25) is 0 Å². The lowest BCUT2D eigenvalue weighted by Crippen LogP contribution is -2.10. The van der Waals surface area contributed by atoms with Gasteiger partial charge in [0, 0.05) is 21.7 Å². The first-order chi connectivity index (χ1) is 14.5. The summed E-state index contributed by atoms with van der Waals surface area (Å²) in [6, 6.07) is 14.9. The van der Waals surface area contributed by atoms with Gasteiger partial charge in [-0.2, -0.15) is 0 Å². The van der Waals surface area contributed by atoms with E-state index in [2.05, 4.69) is 20.7 Å². The Morgan fingerprint density at radius 2 is 1.83 bits per heavy atom. The summed E-state index contributed by atoms with van der Waals surface area (Å²) in [6.45, 7) is 4.42. The predicted molar refractivity (Wildman–Crippen MR) is 123 cm³/mol. The molecule has 2 aromatic carbocycles. The molecule has 0 aliphatic heterocycles. The summed E-state index contributed by atoms with van der Waals surface area (Å²) in [7, 11) is 0. The summed E-state index contributed by atoms with van der Waals surface area (Å²) in [4.78, 5) is 21.9. The number of nitrogens with zero attached hydrogens (tertiary/aromatic N) is 2. The zero-order chi connectivity index (χ0) is 21.1. The van der Waals surface area contributed by atoms with Crippen LogP contribution in [0, 0.1) is 5.92 Å². The zero-order valence-electron chi connectivity index (χ0n) is 16.6. The van der Waals surface area contributed by atoms with Crippen LogP contribution in [0.25, 0.3) is 21.3 Å². The Balaban J connectivity index is 1.60. The van der Waals surface area contributed by atoms with Gasteiger partial charge < -0.3 is 10.1 Å². The number of halogens is 1. The van der Waals surface area contributed by atoms with Gasteiger partial charge in [0.15, 0.2) is 0 Å². The Morgan fingerprint density at radius 1 is 1.10 bits per heavy atom. The lowest BCUT2D eigenvalue weighted by molar-refractivity contribution is 0.0459. The van der Waals surface area contributed by atoms with E-state index in [9.17, 15) is 4.79 Å². The number of aromatic nitrogens is 2. The highest BCUT2D eigenvalue weighted by atomic mass is 35.5. The molecule has 0 fully saturated rings. The molecule has 7 heteroatoms. The molecule has 0 bridgehead atoms. The molecule has 0 saturated carbocycles. The van der Waals surface area contributed by atoms with Gasteiger partial charge in [-0.05, 0) is 47.9 Å². The fourth-order valence-corrected chi connectivity index (χ4v) is 4.01. The third-order valence-electron chi connectivity index (χ3n) is 4.46. The predicted octanol–water partition coefficient (Wildman–Crippen LogP) is 6.57. The molecule has 0 atom stereocenters. The summed E-state index contributed by atoms with van der Waals surface area (Å²) in [5.41, 5.74) is 3.44. The second kappa shape index (κ2) is 8.81. The minimum absolute atomic E-state index is 0.301. The Kier molecular flexibility index (Phi) is 5.97. The van der Waals surface area contributed by atoms with Crippen molar-refractivity contribution in [1.82, 2.24) is 9.97 Å². The average Bonchev–Trinajstić information content (AvgIpc) is 3.18. The number of carbonyl (C=O) groups is 1. The molecule has 0 aliphatic rings. The lowest BCUT2D eigenvalue weighted by Gasteiger charge is -2.10. The normalized spacial score (nSPS) is 11.1. The fraction of sp³-hybridized carbons (Fsp3) is 0.174. The molecular formula is C23H20ClN3O2S. The van der Waals surface area contributed by atoms with Gasteiger partial charge in [0.2, 0.25) is 0 Å². The molecule has 0 amide bonds. The topological polar surface area (TPSA) is 64.1 Å². The van der Waals surface area contributed by atoms with Crippen molar-refractivity contribution in [3.05, 3.63) is 70.8 Å². The number of anilines is 2. The molecule has 4 rings (SSSR count). The van der Waals surface area contributed by atoms with E-state index in [-0.39, 0.29) is 5.97 Å².